The number of nitriles is 1. The van der Waals surface area contributed by atoms with Gasteiger partial charge < -0.3 is 9.80 Å². The standard InChI is InChI=1S/C21H20F4N4O/c1-12-5-4-6-14(9-12)28(3)20(30)18-17(22)7-8-29(18)19-15(11-26)16(21(23,24)25)10-13(2)27-19/h4-6,9-10,17-18H,7-8H2,1-3H3/t17-,18+/m1/s1. The Bertz CT molecular complexity index is 1020. The molecule has 0 N–H and O–H groups in total. The molecule has 3 rings (SSSR count). The predicted octanol–water partition coefficient (Wildman–Crippen LogP) is 4.17. The minimum Gasteiger partial charge on any atom is -0.341 e. The SMILES string of the molecule is Cc1cccc(N(C)C(=O)[C@@H]2[C@H](F)CCN2c2nc(C)cc(C(F)(F)F)c2C#N)c1. The molecule has 1 aromatic carbocycles. The fraction of sp³-hybridized carbons (Fsp3) is 0.381. The molecule has 30 heavy (non-hydrogen) atoms. The number of nitrogens with zero attached hydrogens (tertiary/aromatic N) is 4. The summed E-state index contributed by atoms with van der Waals surface area (Å²) >= 11 is 0. The van der Waals surface area contributed by atoms with Crippen molar-refractivity contribution in [2.45, 2.75) is 38.7 Å². The zero-order chi connectivity index (χ0) is 22.2. The van der Waals surface area contributed by atoms with Gasteiger partial charge in [0.1, 0.15) is 29.7 Å². The molecular formula is C21H20F4N4O. The number of likely N-dealkylation sites (N-methyl/N-ethyl adjacent to an activating group) is 1. The molecule has 5 nitrogen and oxygen atoms in total. The van der Waals surface area contributed by atoms with Gasteiger partial charge in [-0.05, 0) is 44.0 Å². The van der Waals surface area contributed by atoms with Crippen LogP contribution in [0.5, 0.6) is 0 Å². The van der Waals surface area contributed by atoms with Gasteiger partial charge in [0.15, 0.2) is 0 Å². The summed E-state index contributed by atoms with van der Waals surface area (Å²) in [5.41, 5.74) is -0.398. The van der Waals surface area contributed by atoms with E-state index in [1.54, 1.807) is 24.3 Å². The van der Waals surface area contributed by atoms with Gasteiger partial charge in [-0.15, -0.1) is 0 Å². The van der Waals surface area contributed by atoms with Gasteiger partial charge in [0.05, 0.1) is 5.56 Å². The number of pyridine rings is 1. The third-order valence-electron chi connectivity index (χ3n) is 5.11. The molecule has 1 aliphatic heterocycles. The van der Waals surface area contributed by atoms with E-state index in [0.717, 1.165) is 11.6 Å². The Morgan fingerprint density at radius 3 is 2.60 bits per heavy atom. The lowest BCUT2D eigenvalue weighted by molar-refractivity contribution is -0.137. The molecule has 0 bridgehead atoms. The predicted molar refractivity (Wildman–Crippen MR) is 104 cm³/mol. The van der Waals surface area contributed by atoms with Gasteiger partial charge in [0.2, 0.25) is 0 Å². The van der Waals surface area contributed by atoms with E-state index in [-0.39, 0.29) is 24.5 Å². The van der Waals surface area contributed by atoms with Gasteiger partial charge in [-0.25, -0.2) is 9.37 Å². The van der Waals surface area contributed by atoms with Crippen molar-refractivity contribution in [3.63, 3.8) is 0 Å². The summed E-state index contributed by atoms with van der Waals surface area (Å²) in [7, 11) is 1.48. The largest absolute Gasteiger partial charge is 0.417 e. The van der Waals surface area contributed by atoms with E-state index < -0.39 is 35.4 Å². The van der Waals surface area contributed by atoms with Crippen molar-refractivity contribution in [2.24, 2.45) is 0 Å². The molecule has 1 saturated heterocycles. The number of rotatable bonds is 3. The average Bonchev–Trinajstić information content (AvgIpc) is 3.06. The first-order valence-electron chi connectivity index (χ1n) is 9.28. The molecule has 2 atom stereocenters. The van der Waals surface area contributed by atoms with Crippen LogP contribution in [0.4, 0.5) is 29.1 Å². The van der Waals surface area contributed by atoms with Crippen molar-refractivity contribution >= 4 is 17.4 Å². The number of anilines is 2. The molecule has 0 radical (unpaired) electrons. The molecule has 0 unspecified atom stereocenters. The Labute approximate surface area is 171 Å². The quantitative estimate of drug-likeness (QED) is 0.700. The first-order chi connectivity index (χ1) is 14.0. The Kier molecular flexibility index (Phi) is 5.70. The average molecular weight is 420 g/mol. The highest BCUT2D eigenvalue weighted by atomic mass is 19.4. The normalized spacial score (nSPS) is 18.9. The van der Waals surface area contributed by atoms with Crippen molar-refractivity contribution in [3.05, 3.63) is 52.7 Å². The highest BCUT2D eigenvalue weighted by molar-refractivity contribution is 5.99. The maximum absolute atomic E-state index is 14.8. The highest BCUT2D eigenvalue weighted by Gasteiger charge is 2.45. The highest BCUT2D eigenvalue weighted by Crippen LogP contribution is 2.38. The molecule has 9 heteroatoms. The molecule has 1 amide bonds. The van der Waals surface area contributed by atoms with Crippen LogP contribution >= 0.6 is 0 Å². The second kappa shape index (κ2) is 7.94. The first kappa shape index (κ1) is 21.6. The van der Waals surface area contributed by atoms with Crippen molar-refractivity contribution in [1.29, 1.82) is 5.26 Å². The maximum atomic E-state index is 14.8. The minimum atomic E-state index is -4.78. The molecule has 0 spiro atoms. The number of halogens is 4. The Hall–Kier alpha value is -3.15. The lowest BCUT2D eigenvalue weighted by Gasteiger charge is -2.30. The zero-order valence-corrected chi connectivity index (χ0v) is 16.7. The molecule has 158 valence electrons. The van der Waals surface area contributed by atoms with Gasteiger partial charge >= 0.3 is 6.18 Å². The molecule has 0 saturated carbocycles. The Balaban J connectivity index is 2.05. The Morgan fingerprint density at radius 2 is 2.00 bits per heavy atom. The van der Waals surface area contributed by atoms with Crippen molar-refractivity contribution in [2.75, 3.05) is 23.4 Å². The number of aryl methyl sites for hydroxylation is 2. The van der Waals surface area contributed by atoms with Crippen LogP contribution in [0.25, 0.3) is 0 Å². The van der Waals surface area contributed by atoms with E-state index in [1.165, 1.54) is 23.8 Å². The third-order valence-corrected chi connectivity index (χ3v) is 5.11. The van der Waals surface area contributed by atoms with Crippen LogP contribution in [0.15, 0.2) is 30.3 Å². The van der Waals surface area contributed by atoms with Crippen LogP contribution in [0.1, 0.15) is 28.8 Å². The number of aromatic nitrogens is 1. The van der Waals surface area contributed by atoms with E-state index in [2.05, 4.69) is 4.98 Å². The number of amides is 1. The lowest BCUT2D eigenvalue weighted by Crippen LogP contribution is -2.48. The molecule has 0 aliphatic carbocycles. The number of alkyl halides is 4. The topological polar surface area (TPSA) is 60.2 Å². The van der Waals surface area contributed by atoms with Gasteiger partial charge in [-0.3, -0.25) is 4.79 Å². The van der Waals surface area contributed by atoms with E-state index in [9.17, 15) is 27.6 Å². The second-order valence-corrected chi connectivity index (χ2v) is 7.30. The van der Waals surface area contributed by atoms with Crippen LogP contribution in [0.2, 0.25) is 0 Å². The monoisotopic (exact) mass is 420 g/mol. The van der Waals surface area contributed by atoms with Crippen LogP contribution in [-0.2, 0) is 11.0 Å². The molecule has 1 fully saturated rings. The number of carbonyl (C=O) groups is 1. The fourth-order valence-electron chi connectivity index (χ4n) is 3.64. The summed E-state index contributed by atoms with van der Waals surface area (Å²) in [5, 5.41) is 9.42. The van der Waals surface area contributed by atoms with E-state index in [0.29, 0.717) is 5.69 Å². The van der Waals surface area contributed by atoms with E-state index >= 15 is 0 Å². The van der Waals surface area contributed by atoms with Gasteiger partial charge in [0.25, 0.3) is 5.91 Å². The third kappa shape index (κ3) is 3.95. The van der Waals surface area contributed by atoms with Crippen molar-refractivity contribution in [1.82, 2.24) is 4.98 Å². The number of hydrogen-bond donors (Lipinski definition) is 0. The summed E-state index contributed by atoms with van der Waals surface area (Å²) in [5.74, 6) is -0.938. The van der Waals surface area contributed by atoms with Crippen LogP contribution in [-0.4, -0.2) is 36.7 Å². The zero-order valence-electron chi connectivity index (χ0n) is 16.7. The number of carbonyl (C=O) groups excluding carboxylic acids is 1. The molecule has 1 aliphatic rings. The molecule has 1 aromatic heterocycles. The van der Waals surface area contributed by atoms with E-state index in [4.69, 9.17) is 0 Å². The van der Waals surface area contributed by atoms with E-state index in [1.807, 2.05) is 13.0 Å². The molecule has 2 aromatic rings. The first-order valence-corrected chi connectivity index (χ1v) is 9.28. The summed E-state index contributed by atoms with van der Waals surface area (Å²) in [6.07, 6.45) is -6.44. The van der Waals surface area contributed by atoms with Gasteiger partial charge in [0, 0.05) is 25.0 Å². The number of benzene rings is 1. The smallest absolute Gasteiger partial charge is 0.341 e. The second-order valence-electron chi connectivity index (χ2n) is 7.30. The fourth-order valence-corrected chi connectivity index (χ4v) is 3.64. The molecular weight excluding hydrogens is 400 g/mol. The van der Waals surface area contributed by atoms with Crippen LogP contribution in [0.3, 0.4) is 0 Å². The maximum Gasteiger partial charge on any atom is 0.417 e. The lowest BCUT2D eigenvalue weighted by atomic mass is 10.1. The molecule has 2 heterocycles. The Morgan fingerprint density at radius 1 is 1.30 bits per heavy atom. The van der Waals surface area contributed by atoms with Crippen LogP contribution < -0.4 is 9.80 Å². The van der Waals surface area contributed by atoms with Crippen LogP contribution in [0, 0.1) is 25.2 Å². The number of hydrogen-bond acceptors (Lipinski definition) is 4. The summed E-state index contributed by atoms with van der Waals surface area (Å²) < 4.78 is 55.1. The van der Waals surface area contributed by atoms with Crippen molar-refractivity contribution < 1.29 is 22.4 Å². The van der Waals surface area contributed by atoms with Gasteiger partial charge in [-0.2, -0.15) is 18.4 Å². The van der Waals surface area contributed by atoms with Crippen molar-refractivity contribution in [3.8, 4) is 6.07 Å². The minimum absolute atomic E-state index is 0.0249. The summed E-state index contributed by atoms with van der Waals surface area (Å²) in [6.45, 7) is 3.18. The summed E-state index contributed by atoms with van der Waals surface area (Å²) in [6, 6.07) is 7.97. The summed E-state index contributed by atoms with van der Waals surface area (Å²) in [4.78, 5) is 19.7. The van der Waals surface area contributed by atoms with Gasteiger partial charge in [-0.1, -0.05) is 12.1 Å².